The van der Waals surface area contributed by atoms with E-state index in [4.69, 9.17) is 34.8 Å². The van der Waals surface area contributed by atoms with Crippen molar-refractivity contribution in [3.63, 3.8) is 0 Å². The predicted molar refractivity (Wildman–Crippen MR) is 229 cm³/mol. The summed E-state index contributed by atoms with van der Waals surface area (Å²) >= 11 is 17.6. The first kappa shape index (κ1) is 43.1. The van der Waals surface area contributed by atoms with Gasteiger partial charge >= 0.3 is 11.2 Å². The molecule has 0 N–H and O–H groups in total. The van der Waals surface area contributed by atoms with Crippen LogP contribution in [0.5, 0.6) is 0 Å². The second-order valence-corrected chi connectivity index (χ2v) is 14.9. The molecule has 0 bridgehead atoms. The summed E-state index contributed by atoms with van der Waals surface area (Å²) in [5.41, 5.74) is 4.57. The molecule has 24 heteroatoms. The van der Waals surface area contributed by atoms with Gasteiger partial charge in [0.2, 0.25) is 16.6 Å². The number of fused-ring (bicyclic) bond motifs is 3. The minimum Gasteiger partial charge on any atom is -0.692 e. The van der Waals surface area contributed by atoms with Crippen molar-refractivity contribution in [1.82, 2.24) is 29.7 Å². The Hall–Kier alpha value is -8.01. The molecule has 6 aromatic carbocycles. The molecule has 318 valence electrons. The van der Waals surface area contributed by atoms with Gasteiger partial charge in [0.25, 0.3) is 22.4 Å². The highest BCUT2D eigenvalue weighted by Gasteiger charge is 2.28. The lowest BCUT2D eigenvalue weighted by Gasteiger charge is -2.03. The molecule has 0 radical (unpaired) electrons. The zero-order valence-electron chi connectivity index (χ0n) is 32.6. The smallest absolute Gasteiger partial charge is 0.328 e. The normalized spacial score (nSPS) is 11.0. The van der Waals surface area contributed by atoms with Crippen LogP contribution < -0.4 is 14.5 Å². The fourth-order valence-corrected chi connectivity index (χ4v) is 6.71. The Labute approximate surface area is 367 Å². The molecule has 63 heavy (non-hydrogen) atoms. The maximum Gasteiger partial charge on any atom is 0.328 e. The van der Waals surface area contributed by atoms with Crippen LogP contribution in [0.25, 0.3) is 50.2 Å². The third-order valence-corrected chi connectivity index (χ3v) is 10.0. The first-order valence-corrected chi connectivity index (χ1v) is 19.2. The van der Waals surface area contributed by atoms with Crippen molar-refractivity contribution in [3.8, 4) is 17.1 Å². The van der Waals surface area contributed by atoms with E-state index in [0.29, 0.717) is 37.1 Å². The van der Waals surface area contributed by atoms with Crippen molar-refractivity contribution in [2.75, 3.05) is 0 Å². The van der Waals surface area contributed by atoms with Gasteiger partial charge in [-0.15, -0.1) is 14.5 Å². The van der Waals surface area contributed by atoms with Gasteiger partial charge in [0, 0.05) is 24.3 Å². The molecule has 0 saturated heterocycles. The van der Waals surface area contributed by atoms with Gasteiger partial charge in [-0.25, -0.2) is 0 Å². The minimum atomic E-state index is -0.634. The molecule has 0 unspecified atom stereocenters. The molecule has 0 saturated carbocycles. The summed E-state index contributed by atoms with van der Waals surface area (Å²) in [6.45, 7) is 5.77. The monoisotopic (exact) mass is 912 g/mol. The number of hydrogen-bond acceptors (Lipinski definition) is 12. The second kappa shape index (κ2) is 17.2. The van der Waals surface area contributed by atoms with Crippen LogP contribution in [-0.4, -0.2) is 44.5 Å². The largest absolute Gasteiger partial charge is 0.692 e. The third-order valence-electron chi connectivity index (χ3n) is 9.23. The van der Waals surface area contributed by atoms with E-state index in [-0.39, 0.29) is 59.7 Å². The Morgan fingerprint density at radius 2 is 0.905 bits per heavy atom. The van der Waals surface area contributed by atoms with Crippen molar-refractivity contribution in [2.45, 2.75) is 20.8 Å². The number of nitro groups is 3. The van der Waals surface area contributed by atoms with Gasteiger partial charge in [0.15, 0.2) is 0 Å². The van der Waals surface area contributed by atoms with E-state index in [0.717, 1.165) is 43.2 Å². The zero-order valence-corrected chi connectivity index (χ0v) is 34.8. The number of nitro benzene ring substituents is 3. The highest BCUT2D eigenvalue weighted by Crippen LogP contribution is 2.30. The lowest BCUT2D eigenvalue weighted by Crippen LogP contribution is -2.37. The second-order valence-electron chi connectivity index (χ2n) is 13.6. The highest BCUT2D eigenvalue weighted by molar-refractivity contribution is 6.35. The van der Waals surface area contributed by atoms with E-state index >= 15 is 0 Å². The van der Waals surface area contributed by atoms with Crippen LogP contribution in [0.2, 0.25) is 15.1 Å². The first-order valence-electron chi connectivity index (χ1n) is 18.0. The van der Waals surface area contributed by atoms with Crippen LogP contribution in [0, 0.1) is 66.7 Å². The molecule has 0 spiro atoms. The number of rotatable bonds is 6. The van der Waals surface area contributed by atoms with Crippen molar-refractivity contribution in [2.24, 2.45) is 0 Å². The zero-order chi connectivity index (χ0) is 45.4. The minimum absolute atomic E-state index is 0.0000231. The summed E-state index contributed by atoms with van der Waals surface area (Å²) in [6.07, 6.45) is 0. The van der Waals surface area contributed by atoms with E-state index < -0.39 is 14.8 Å². The third kappa shape index (κ3) is 8.64. The van der Waals surface area contributed by atoms with Crippen molar-refractivity contribution in [1.29, 1.82) is 0 Å². The van der Waals surface area contributed by atoms with Crippen LogP contribution in [0.1, 0.15) is 16.7 Å². The number of aryl methyl sites for hydroxylation is 3. The Morgan fingerprint density at radius 3 is 1.37 bits per heavy atom. The number of aromatic nitrogens is 9. The van der Waals surface area contributed by atoms with Crippen LogP contribution >= 0.6 is 34.8 Å². The lowest BCUT2D eigenvalue weighted by atomic mass is 10.2. The van der Waals surface area contributed by atoms with E-state index in [1.54, 1.807) is 36.4 Å². The average molecular weight is 914 g/mol. The molecular formula is C39H27Cl3N12O9. The summed E-state index contributed by atoms with van der Waals surface area (Å²) in [6, 6.07) is 28.7. The molecular weight excluding hydrogens is 887 g/mol. The molecule has 0 fully saturated rings. The summed E-state index contributed by atoms with van der Waals surface area (Å²) in [7, 11) is 0. The highest BCUT2D eigenvalue weighted by atomic mass is 35.5. The molecule has 9 aromatic rings. The average Bonchev–Trinajstić information content (AvgIpc) is 3.88. The molecule has 0 amide bonds. The number of hydrogen-bond donors (Lipinski definition) is 0. The molecule has 3 heterocycles. The Bertz CT molecular complexity index is 3260. The Morgan fingerprint density at radius 1 is 0.476 bits per heavy atom. The molecule has 0 atom stereocenters. The fraction of sp³-hybridized carbons (Fsp3) is 0.0769. The number of benzene rings is 6. The van der Waals surface area contributed by atoms with Gasteiger partial charge in [0.1, 0.15) is 27.1 Å². The van der Waals surface area contributed by atoms with Gasteiger partial charge < -0.3 is 15.6 Å². The van der Waals surface area contributed by atoms with E-state index in [1.807, 2.05) is 57.2 Å². The van der Waals surface area contributed by atoms with Crippen LogP contribution in [0.4, 0.5) is 17.1 Å². The first-order chi connectivity index (χ1) is 29.9. The molecule has 0 aliphatic carbocycles. The van der Waals surface area contributed by atoms with Crippen molar-refractivity contribution in [3.05, 3.63) is 187 Å². The standard InChI is InChI=1S/3C13H9ClN4O3/c1-8-2-4-10(5-3-8)16-15-13-11(17(16)19)6-9(14)7-12(13)18(20)21;1-8-2-4-9(5-3-8)16-15-11-6-10(14)12(18(20)21)7-13(11)17(16)19;1-8-2-4-9(5-3-8)16-15-13-11(14)6-10(18(20)21)7-12(13)17(16)19/h3*2-7H,1H3. The van der Waals surface area contributed by atoms with E-state index in [2.05, 4.69) is 15.3 Å². The van der Waals surface area contributed by atoms with Crippen molar-refractivity contribution >= 4 is 85.0 Å². The predicted octanol–water partition coefficient (Wildman–Crippen LogP) is 7.59. The Kier molecular flexibility index (Phi) is 11.7. The number of non-ortho nitro benzene ring substituents is 2. The van der Waals surface area contributed by atoms with Crippen LogP contribution in [0.3, 0.4) is 0 Å². The lowest BCUT2D eigenvalue weighted by molar-refractivity contribution is -0.664. The fourth-order valence-electron chi connectivity index (χ4n) is 6.03. The van der Waals surface area contributed by atoms with Gasteiger partial charge in [-0.2, -0.15) is 0 Å². The summed E-state index contributed by atoms with van der Waals surface area (Å²) in [4.78, 5) is 35.7. The molecule has 21 nitrogen and oxygen atoms in total. The summed E-state index contributed by atoms with van der Waals surface area (Å²) in [5.74, 6) is 0. The van der Waals surface area contributed by atoms with Gasteiger partial charge in [-0.05, 0) is 71.6 Å². The maximum atomic E-state index is 12.3. The maximum absolute atomic E-state index is 12.3. The molecule has 0 aliphatic heterocycles. The Balaban J connectivity index is 0.000000142. The van der Waals surface area contributed by atoms with E-state index in [9.17, 15) is 46.0 Å². The molecule has 9 rings (SSSR count). The van der Waals surface area contributed by atoms with E-state index in [1.165, 1.54) is 24.3 Å². The quantitative estimate of drug-likeness (QED) is 0.0676. The number of nitrogens with zero attached hydrogens (tertiary/aromatic N) is 12. The van der Waals surface area contributed by atoms with Gasteiger partial charge in [0.05, 0.1) is 47.2 Å². The van der Waals surface area contributed by atoms with Crippen molar-refractivity contribution < 1.29 is 29.3 Å². The number of halogens is 3. The topological polar surface area (TPSA) is 264 Å². The molecule has 0 aliphatic rings. The van der Waals surface area contributed by atoms with Gasteiger partial charge in [-0.1, -0.05) is 87.9 Å². The van der Waals surface area contributed by atoms with Crippen LogP contribution in [0.15, 0.2) is 109 Å². The van der Waals surface area contributed by atoms with Gasteiger partial charge in [-0.3, -0.25) is 30.3 Å². The van der Waals surface area contributed by atoms with Crippen LogP contribution in [-0.2, 0) is 0 Å². The molecule has 3 aromatic heterocycles. The summed E-state index contributed by atoms with van der Waals surface area (Å²) < 4.78 is 0. The summed E-state index contributed by atoms with van der Waals surface area (Å²) in [5, 5.41) is 82.0. The SMILES string of the molecule is Cc1ccc(-n2nc3c(Cl)cc([N+](=O)[O-])cc3[n+]2[O-])cc1.Cc1ccc(-n2nc3c([N+](=O)[O-])cc(Cl)cc3[n+]2[O-])cc1.Cc1ccc(-n2nc3cc(Cl)c([N+](=O)[O-])cc3[n+]2[O-])cc1.